The van der Waals surface area contributed by atoms with Crippen molar-refractivity contribution in [2.24, 2.45) is 5.10 Å². The van der Waals surface area contributed by atoms with Crippen molar-refractivity contribution < 1.29 is 8.83 Å². The van der Waals surface area contributed by atoms with Gasteiger partial charge in [0.2, 0.25) is 5.69 Å². The molecule has 0 saturated heterocycles. The number of hydrazone groups is 1. The maximum absolute atomic E-state index is 8.92. The highest BCUT2D eigenvalue weighted by Gasteiger charge is 2.09. The number of hydrogen-bond donors (Lipinski definition) is 1. The van der Waals surface area contributed by atoms with Gasteiger partial charge < -0.3 is 8.83 Å². The third-order valence-corrected chi connectivity index (χ3v) is 3.60. The van der Waals surface area contributed by atoms with Crippen molar-refractivity contribution in [1.82, 2.24) is 4.98 Å². The van der Waals surface area contributed by atoms with Gasteiger partial charge in [-0.05, 0) is 46.9 Å². The third kappa shape index (κ3) is 3.60. The van der Waals surface area contributed by atoms with E-state index in [9.17, 15) is 0 Å². The van der Waals surface area contributed by atoms with Gasteiger partial charge >= 0.3 is 0 Å². The Kier molecular flexibility index (Phi) is 4.43. The number of nitriles is 1. The number of aryl methyl sites for hydroxylation is 1. The van der Waals surface area contributed by atoms with E-state index in [-0.39, 0.29) is 11.6 Å². The number of halogens is 1. The summed E-state index contributed by atoms with van der Waals surface area (Å²) in [5.41, 5.74) is 3.82. The first-order valence-electron chi connectivity index (χ1n) is 6.68. The molecule has 2 heterocycles. The largest absolute Gasteiger partial charge is 0.455 e. The molecular weight excluding hydrogens is 407 g/mol. The van der Waals surface area contributed by atoms with Gasteiger partial charge in [0, 0.05) is 16.1 Å². The van der Waals surface area contributed by atoms with Gasteiger partial charge in [0.25, 0.3) is 5.88 Å². The zero-order valence-corrected chi connectivity index (χ0v) is 14.2. The lowest BCUT2D eigenvalue weighted by molar-refractivity contribution is 0.533. The molecule has 0 saturated carbocycles. The van der Waals surface area contributed by atoms with Crippen LogP contribution in [0.15, 0.2) is 50.3 Å². The summed E-state index contributed by atoms with van der Waals surface area (Å²) >= 11 is 2.26. The summed E-state index contributed by atoms with van der Waals surface area (Å²) in [6.07, 6.45) is 1.51. The standard InChI is InChI=1S/C16H11IN4O2/c1-10-20-14(8-18)16(22-10)21-19-9-13-5-6-15(23-13)11-3-2-4-12(17)7-11/h2-7,9,21H,1H3/b19-9+. The fraction of sp³-hybridized carbons (Fsp3) is 0.0625. The van der Waals surface area contributed by atoms with Crippen LogP contribution in [0.1, 0.15) is 17.3 Å². The molecule has 0 fully saturated rings. The molecule has 2 aromatic heterocycles. The average Bonchev–Trinajstić information content (AvgIpc) is 3.14. The summed E-state index contributed by atoms with van der Waals surface area (Å²) < 4.78 is 12.1. The van der Waals surface area contributed by atoms with E-state index in [0.29, 0.717) is 11.7 Å². The van der Waals surface area contributed by atoms with Crippen LogP contribution in [0.2, 0.25) is 0 Å². The highest BCUT2D eigenvalue weighted by atomic mass is 127. The Morgan fingerprint density at radius 3 is 2.96 bits per heavy atom. The van der Waals surface area contributed by atoms with Gasteiger partial charge in [-0.15, -0.1) is 0 Å². The minimum Gasteiger partial charge on any atom is -0.455 e. The van der Waals surface area contributed by atoms with Crippen LogP contribution in [0.25, 0.3) is 11.3 Å². The van der Waals surface area contributed by atoms with E-state index in [1.807, 2.05) is 42.5 Å². The summed E-state index contributed by atoms with van der Waals surface area (Å²) in [6, 6.07) is 13.6. The number of aromatic nitrogens is 1. The van der Waals surface area contributed by atoms with Gasteiger partial charge in [-0.25, -0.2) is 10.4 Å². The number of rotatable bonds is 4. The third-order valence-electron chi connectivity index (χ3n) is 2.93. The molecule has 1 N–H and O–H groups in total. The zero-order valence-electron chi connectivity index (χ0n) is 12.1. The van der Waals surface area contributed by atoms with E-state index in [0.717, 1.165) is 14.9 Å². The number of oxazole rings is 1. The fourth-order valence-electron chi connectivity index (χ4n) is 1.95. The van der Waals surface area contributed by atoms with E-state index in [1.54, 1.807) is 6.92 Å². The molecule has 0 bridgehead atoms. The number of furan rings is 1. The second kappa shape index (κ2) is 6.66. The Labute approximate surface area is 146 Å². The Balaban J connectivity index is 1.73. The molecule has 3 aromatic rings. The Hall–Kier alpha value is -2.60. The molecule has 1 aromatic carbocycles. The Morgan fingerprint density at radius 1 is 1.30 bits per heavy atom. The molecule has 7 heteroatoms. The molecular formula is C16H11IN4O2. The van der Waals surface area contributed by atoms with E-state index in [2.05, 4.69) is 38.1 Å². The molecule has 0 radical (unpaired) electrons. The van der Waals surface area contributed by atoms with Crippen molar-refractivity contribution in [1.29, 1.82) is 5.26 Å². The van der Waals surface area contributed by atoms with Gasteiger partial charge in [0.05, 0.1) is 6.21 Å². The van der Waals surface area contributed by atoms with Crippen molar-refractivity contribution in [2.75, 3.05) is 5.43 Å². The quantitative estimate of drug-likeness (QED) is 0.391. The number of benzene rings is 1. The van der Waals surface area contributed by atoms with Crippen molar-refractivity contribution in [3.05, 3.63) is 57.3 Å². The van der Waals surface area contributed by atoms with Crippen molar-refractivity contribution >= 4 is 34.7 Å². The molecule has 0 aliphatic rings. The van der Waals surface area contributed by atoms with Crippen LogP contribution in [0.4, 0.5) is 5.88 Å². The summed E-state index contributed by atoms with van der Waals surface area (Å²) in [6.45, 7) is 1.66. The van der Waals surface area contributed by atoms with Crippen LogP contribution in [-0.2, 0) is 0 Å². The fourth-order valence-corrected chi connectivity index (χ4v) is 2.50. The average molecular weight is 418 g/mol. The Bertz CT molecular complexity index is 905. The lowest BCUT2D eigenvalue weighted by Gasteiger charge is -1.97. The molecule has 23 heavy (non-hydrogen) atoms. The Morgan fingerprint density at radius 2 is 2.17 bits per heavy atom. The van der Waals surface area contributed by atoms with Crippen LogP contribution in [0.5, 0.6) is 0 Å². The lowest BCUT2D eigenvalue weighted by atomic mass is 10.2. The molecule has 0 aliphatic carbocycles. The summed E-state index contributed by atoms with van der Waals surface area (Å²) in [5.74, 6) is 1.96. The van der Waals surface area contributed by atoms with Crippen LogP contribution < -0.4 is 5.43 Å². The van der Waals surface area contributed by atoms with Gasteiger partial charge in [0.15, 0.2) is 5.89 Å². The summed E-state index contributed by atoms with van der Waals surface area (Å²) in [5, 5.41) is 12.9. The molecule has 0 aliphatic heterocycles. The first kappa shape index (κ1) is 15.3. The summed E-state index contributed by atoms with van der Waals surface area (Å²) in [7, 11) is 0. The van der Waals surface area contributed by atoms with Crippen molar-refractivity contribution in [3.8, 4) is 17.4 Å². The molecule has 3 rings (SSSR count). The predicted octanol–water partition coefficient (Wildman–Crippen LogP) is 4.17. The van der Waals surface area contributed by atoms with E-state index in [1.165, 1.54) is 6.21 Å². The second-order valence-electron chi connectivity index (χ2n) is 4.60. The molecule has 0 spiro atoms. The zero-order chi connectivity index (χ0) is 16.2. The van der Waals surface area contributed by atoms with Gasteiger partial charge in [-0.1, -0.05) is 12.1 Å². The number of nitrogens with zero attached hydrogens (tertiary/aromatic N) is 3. The van der Waals surface area contributed by atoms with Gasteiger partial charge in [-0.2, -0.15) is 10.4 Å². The topological polar surface area (TPSA) is 87.4 Å². The molecule has 0 amide bonds. The van der Waals surface area contributed by atoms with Crippen molar-refractivity contribution in [2.45, 2.75) is 6.92 Å². The van der Waals surface area contributed by atoms with E-state index < -0.39 is 0 Å². The highest BCUT2D eigenvalue weighted by molar-refractivity contribution is 14.1. The number of anilines is 1. The lowest BCUT2D eigenvalue weighted by Crippen LogP contribution is -1.90. The SMILES string of the molecule is Cc1nc(C#N)c(N/N=C/c2ccc(-c3cccc(I)c3)o2)o1. The first-order valence-corrected chi connectivity index (χ1v) is 7.76. The maximum atomic E-state index is 8.92. The maximum Gasteiger partial charge on any atom is 0.252 e. The monoisotopic (exact) mass is 418 g/mol. The van der Waals surface area contributed by atoms with Crippen LogP contribution in [0.3, 0.4) is 0 Å². The minimum absolute atomic E-state index is 0.165. The molecule has 0 unspecified atom stereocenters. The van der Waals surface area contributed by atoms with Crippen LogP contribution >= 0.6 is 22.6 Å². The van der Waals surface area contributed by atoms with Crippen LogP contribution in [-0.4, -0.2) is 11.2 Å². The second-order valence-corrected chi connectivity index (χ2v) is 5.85. The van der Waals surface area contributed by atoms with Gasteiger partial charge in [0.1, 0.15) is 17.6 Å². The first-order chi connectivity index (χ1) is 11.2. The normalized spacial score (nSPS) is 10.8. The molecule has 114 valence electrons. The molecule has 0 atom stereocenters. The summed E-state index contributed by atoms with van der Waals surface area (Å²) in [4.78, 5) is 3.92. The number of hydrogen-bond acceptors (Lipinski definition) is 6. The van der Waals surface area contributed by atoms with E-state index >= 15 is 0 Å². The van der Waals surface area contributed by atoms with Crippen LogP contribution in [0, 0.1) is 21.8 Å². The van der Waals surface area contributed by atoms with E-state index in [4.69, 9.17) is 14.1 Å². The van der Waals surface area contributed by atoms with Crippen molar-refractivity contribution in [3.63, 3.8) is 0 Å². The number of nitrogens with one attached hydrogen (secondary N) is 1. The minimum atomic E-state index is 0.165. The highest BCUT2D eigenvalue weighted by Crippen LogP contribution is 2.23. The smallest absolute Gasteiger partial charge is 0.252 e. The molecule has 6 nitrogen and oxygen atoms in total. The van der Waals surface area contributed by atoms with Gasteiger partial charge in [-0.3, -0.25) is 0 Å². The predicted molar refractivity (Wildman–Crippen MR) is 94.0 cm³/mol.